The maximum atomic E-state index is 11.2. The highest BCUT2D eigenvalue weighted by Crippen LogP contribution is 2.23. The molecular weight excluding hydrogens is 220 g/mol. The zero-order valence-corrected chi connectivity index (χ0v) is 9.23. The standard InChI is InChI=1S/C12H12N2O3/c1-7(15)14-11(12(16)17)9-4-2-3-8-5-6-13-10(8)9/h2-6,11,13H,1H3,(H,14,15)(H,16,17). The molecule has 1 amide bonds. The molecule has 1 aromatic heterocycles. The monoisotopic (exact) mass is 232 g/mol. The van der Waals surface area contributed by atoms with Gasteiger partial charge in [-0.2, -0.15) is 0 Å². The molecule has 5 heteroatoms. The molecular formula is C12H12N2O3. The van der Waals surface area contributed by atoms with Crippen molar-refractivity contribution >= 4 is 22.8 Å². The summed E-state index contributed by atoms with van der Waals surface area (Å²) in [6.45, 7) is 1.30. The van der Waals surface area contributed by atoms with E-state index in [1.54, 1.807) is 18.3 Å². The summed E-state index contributed by atoms with van der Waals surface area (Å²) in [5.41, 5.74) is 1.28. The van der Waals surface area contributed by atoms with Gasteiger partial charge in [0.15, 0.2) is 6.04 Å². The number of carbonyl (C=O) groups is 2. The van der Waals surface area contributed by atoms with Crippen molar-refractivity contribution in [2.24, 2.45) is 0 Å². The zero-order chi connectivity index (χ0) is 12.4. The van der Waals surface area contributed by atoms with Crippen LogP contribution in [0, 0.1) is 0 Å². The first-order chi connectivity index (χ1) is 8.09. The lowest BCUT2D eigenvalue weighted by atomic mass is 10.0. The minimum absolute atomic E-state index is 0.374. The summed E-state index contributed by atoms with van der Waals surface area (Å²) < 4.78 is 0. The number of fused-ring (bicyclic) bond motifs is 1. The van der Waals surface area contributed by atoms with Gasteiger partial charge in [-0.3, -0.25) is 4.79 Å². The summed E-state index contributed by atoms with van der Waals surface area (Å²) in [4.78, 5) is 25.2. The van der Waals surface area contributed by atoms with Gasteiger partial charge in [0.2, 0.25) is 5.91 Å². The number of hydrogen-bond donors (Lipinski definition) is 3. The van der Waals surface area contributed by atoms with Crippen LogP contribution < -0.4 is 5.32 Å². The maximum Gasteiger partial charge on any atom is 0.330 e. The second kappa shape index (κ2) is 4.29. The smallest absolute Gasteiger partial charge is 0.330 e. The number of aliphatic carboxylic acids is 1. The van der Waals surface area contributed by atoms with E-state index in [9.17, 15) is 9.59 Å². The fraction of sp³-hybridized carbons (Fsp3) is 0.167. The fourth-order valence-corrected chi connectivity index (χ4v) is 1.83. The Balaban J connectivity index is 2.51. The quantitative estimate of drug-likeness (QED) is 0.748. The fourth-order valence-electron chi connectivity index (χ4n) is 1.83. The Morgan fingerprint density at radius 1 is 1.35 bits per heavy atom. The van der Waals surface area contributed by atoms with Crippen molar-refractivity contribution in [3.05, 3.63) is 36.0 Å². The van der Waals surface area contributed by atoms with Gasteiger partial charge in [0.1, 0.15) is 0 Å². The molecule has 0 bridgehead atoms. The zero-order valence-electron chi connectivity index (χ0n) is 9.23. The third-order valence-electron chi connectivity index (χ3n) is 2.53. The number of aromatic amines is 1. The second-order valence-corrected chi connectivity index (χ2v) is 3.76. The summed E-state index contributed by atoms with van der Waals surface area (Å²) in [7, 11) is 0. The lowest BCUT2D eigenvalue weighted by Gasteiger charge is -2.14. The van der Waals surface area contributed by atoms with Crippen LogP contribution >= 0.6 is 0 Å². The van der Waals surface area contributed by atoms with E-state index >= 15 is 0 Å². The van der Waals surface area contributed by atoms with Gasteiger partial charge in [0, 0.05) is 18.7 Å². The van der Waals surface area contributed by atoms with Crippen molar-refractivity contribution < 1.29 is 14.7 Å². The number of rotatable bonds is 3. The van der Waals surface area contributed by atoms with Crippen LogP contribution in [0.2, 0.25) is 0 Å². The molecule has 0 spiro atoms. The number of hydrogen-bond acceptors (Lipinski definition) is 2. The first-order valence-electron chi connectivity index (χ1n) is 5.15. The van der Waals surface area contributed by atoms with Gasteiger partial charge >= 0.3 is 5.97 Å². The Kier molecular flexibility index (Phi) is 2.82. The first kappa shape index (κ1) is 11.2. The van der Waals surface area contributed by atoms with Gasteiger partial charge < -0.3 is 15.4 Å². The predicted molar refractivity (Wildman–Crippen MR) is 62.5 cm³/mol. The molecule has 0 saturated carbocycles. The van der Waals surface area contributed by atoms with Crippen LogP contribution in [-0.4, -0.2) is 22.0 Å². The summed E-state index contributed by atoms with van der Waals surface area (Å²) in [5.74, 6) is -1.46. The van der Waals surface area contributed by atoms with E-state index in [1.165, 1.54) is 6.92 Å². The molecule has 0 saturated heterocycles. The molecule has 2 rings (SSSR count). The number of benzene rings is 1. The molecule has 88 valence electrons. The van der Waals surface area contributed by atoms with Crippen molar-refractivity contribution in [2.45, 2.75) is 13.0 Å². The van der Waals surface area contributed by atoms with E-state index in [-0.39, 0.29) is 5.91 Å². The minimum atomic E-state index is -1.08. The largest absolute Gasteiger partial charge is 0.479 e. The average molecular weight is 232 g/mol. The van der Waals surface area contributed by atoms with Crippen molar-refractivity contribution in [1.82, 2.24) is 10.3 Å². The van der Waals surface area contributed by atoms with E-state index in [1.807, 2.05) is 12.1 Å². The Morgan fingerprint density at radius 2 is 2.12 bits per heavy atom. The van der Waals surface area contributed by atoms with E-state index in [0.717, 1.165) is 10.9 Å². The van der Waals surface area contributed by atoms with Crippen LogP contribution in [0.25, 0.3) is 10.9 Å². The van der Waals surface area contributed by atoms with E-state index < -0.39 is 12.0 Å². The Morgan fingerprint density at radius 3 is 2.76 bits per heavy atom. The molecule has 1 atom stereocenters. The van der Waals surface area contributed by atoms with Gasteiger partial charge in [0.25, 0.3) is 0 Å². The van der Waals surface area contributed by atoms with Gasteiger partial charge in [-0.25, -0.2) is 4.79 Å². The highest BCUT2D eigenvalue weighted by Gasteiger charge is 2.22. The summed E-state index contributed by atoms with van der Waals surface area (Å²) in [6.07, 6.45) is 1.74. The van der Waals surface area contributed by atoms with Gasteiger partial charge in [0.05, 0.1) is 5.52 Å². The molecule has 0 aliphatic carbocycles. The van der Waals surface area contributed by atoms with Gasteiger partial charge in [-0.1, -0.05) is 18.2 Å². The molecule has 1 aromatic carbocycles. The SMILES string of the molecule is CC(=O)NC(C(=O)O)c1cccc2cc[nH]c12. The first-order valence-corrected chi connectivity index (χ1v) is 5.15. The minimum Gasteiger partial charge on any atom is -0.479 e. The van der Waals surface area contributed by atoms with Crippen LogP contribution in [0.1, 0.15) is 18.5 Å². The van der Waals surface area contributed by atoms with E-state index in [4.69, 9.17) is 5.11 Å². The maximum absolute atomic E-state index is 11.2. The Labute approximate surface area is 97.4 Å². The molecule has 0 aliphatic rings. The Hall–Kier alpha value is -2.30. The molecule has 5 nitrogen and oxygen atoms in total. The Bertz CT molecular complexity index is 574. The van der Waals surface area contributed by atoms with E-state index in [2.05, 4.69) is 10.3 Å². The second-order valence-electron chi connectivity index (χ2n) is 3.76. The number of amides is 1. The van der Waals surface area contributed by atoms with Crippen LogP contribution in [-0.2, 0) is 9.59 Å². The van der Waals surface area contributed by atoms with Gasteiger partial charge in [-0.15, -0.1) is 0 Å². The predicted octanol–water partition coefficient (Wildman–Crippen LogP) is 1.43. The lowest BCUT2D eigenvalue weighted by molar-refractivity contribution is -0.141. The average Bonchev–Trinajstić information content (AvgIpc) is 2.73. The topological polar surface area (TPSA) is 82.2 Å². The van der Waals surface area contributed by atoms with Crippen molar-refractivity contribution in [1.29, 1.82) is 0 Å². The molecule has 0 radical (unpaired) electrons. The number of carbonyl (C=O) groups excluding carboxylic acids is 1. The summed E-state index contributed by atoms with van der Waals surface area (Å²) >= 11 is 0. The van der Waals surface area contributed by atoms with Crippen LogP contribution in [0.3, 0.4) is 0 Å². The van der Waals surface area contributed by atoms with Crippen LogP contribution in [0.4, 0.5) is 0 Å². The molecule has 1 unspecified atom stereocenters. The molecule has 17 heavy (non-hydrogen) atoms. The highest BCUT2D eigenvalue weighted by molar-refractivity contribution is 5.90. The highest BCUT2D eigenvalue weighted by atomic mass is 16.4. The summed E-state index contributed by atoms with van der Waals surface area (Å²) in [6, 6.07) is 6.15. The number of H-pyrrole nitrogens is 1. The number of para-hydroxylation sites is 1. The van der Waals surface area contributed by atoms with Gasteiger partial charge in [-0.05, 0) is 11.5 Å². The van der Waals surface area contributed by atoms with Crippen molar-refractivity contribution in [3.8, 4) is 0 Å². The normalized spacial score (nSPS) is 12.3. The molecule has 3 N–H and O–H groups in total. The molecule has 1 heterocycles. The van der Waals surface area contributed by atoms with Crippen LogP contribution in [0.15, 0.2) is 30.5 Å². The van der Waals surface area contributed by atoms with Crippen molar-refractivity contribution in [2.75, 3.05) is 0 Å². The number of aromatic nitrogens is 1. The van der Waals surface area contributed by atoms with Crippen LogP contribution in [0.5, 0.6) is 0 Å². The lowest BCUT2D eigenvalue weighted by Crippen LogP contribution is -2.32. The molecule has 0 aliphatic heterocycles. The number of carboxylic acid groups (broad SMARTS) is 1. The summed E-state index contributed by atoms with van der Waals surface area (Å²) in [5, 5.41) is 12.5. The molecule has 0 fully saturated rings. The number of carboxylic acids is 1. The third-order valence-corrected chi connectivity index (χ3v) is 2.53. The third kappa shape index (κ3) is 2.13. The van der Waals surface area contributed by atoms with Crippen molar-refractivity contribution in [3.63, 3.8) is 0 Å². The number of nitrogens with one attached hydrogen (secondary N) is 2. The van der Waals surface area contributed by atoms with E-state index in [0.29, 0.717) is 5.56 Å². The molecule has 2 aromatic rings.